The molecule has 0 bridgehead atoms. The van der Waals surface area contributed by atoms with Gasteiger partial charge in [-0.15, -0.1) is 0 Å². The van der Waals surface area contributed by atoms with E-state index in [1.807, 2.05) is 0 Å². The van der Waals surface area contributed by atoms with Gasteiger partial charge in [-0.25, -0.2) is 0 Å². The van der Waals surface area contributed by atoms with E-state index in [-0.39, 0.29) is 0 Å². The molecule has 0 unspecified atom stereocenters. The van der Waals surface area contributed by atoms with E-state index in [9.17, 15) is 0 Å². The van der Waals surface area contributed by atoms with Crippen molar-refractivity contribution < 1.29 is 4.48 Å². The summed E-state index contributed by atoms with van der Waals surface area (Å²) in [6.07, 6.45) is 1.38. The molecule has 1 saturated heterocycles. The second-order valence-electron chi connectivity index (χ2n) is 5.28. The molecule has 1 aliphatic rings. The molecule has 1 rings (SSSR count). The maximum Gasteiger partial charge on any atom is 0.0914 e. The van der Waals surface area contributed by atoms with Crippen molar-refractivity contribution in [3.05, 3.63) is 0 Å². The molecule has 2 heteroatoms. The van der Waals surface area contributed by atoms with Crippen LogP contribution in [0.5, 0.6) is 0 Å². The average molecular weight is 185 g/mol. The molecule has 0 atom stereocenters. The SMILES string of the molecule is CC(C)CC[N+]1(C)CCN(C)CC1. The first-order valence-corrected chi connectivity index (χ1v) is 5.54. The standard InChI is InChI=1S/C11H25N2/c1-11(2)5-8-13(4)9-6-12(3)7-10-13/h11H,5-10H2,1-4H3/q+1. The number of nitrogens with zero attached hydrogens (tertiary/aromatic N) is 2. The molecule has 0 aromatic heterocycles. The summed E-state index contributed by atoms with van der Waals surface area (Å²) < 4.78 is 1.29. The van der Waals surface area contributed by atoms with Crippen LogP contribution in [0.15, 0.2) is 0 Å². The van der Waals surface area contributed by atoms with Gasteiger partial charge in [0.05, 0.1) is 26.7 Å². The molecule has 0 aliphatic carbocycles. The highest BCUT2D eigenvalue weighted by Gasteiger charge is 2.26. The lowest BCUT2D eigenvalue weighted by molar-refractivity contribution is -0.914. The fourth-order valence-corrected chi connectivity index (χ4v) is 1.84. The van der Waals surface area contributed by atoms with E-state index in [0.29, 0.717) is 0 Å². The number of rotatable bonds is 3. The summed E-state index contributed by atoms with van der Waals surface area (Å²) in [6, 6.07) is 0. The Morgan fingerprint density at radius 3 is 2.23 bits per heavy atom. The Hall–Kier alpha value is -0.0800. The predicted octanol–water partition coefficient (Wildman–Crippen LogP) is 1.42. The topological polar surface area (TPSA) is 3.24 Å². The van der Waals surface area contributed by atoms with Crippen molar-refractivity contribution in [1.29, 1.82) is 0 Å². The van der Waals surface area contributed by atoms with Crippen LogP contribution in [0.2, 0.25) is 0 Å². The van der Waals surface area contributed by atoms with Crippen LogP contribution in [-0.2, 0) is 0 Å². The first-order valence-electron chi connectivity index (χ1n) is 5.54. The van der Waals surface area contributed by atoms with E-state index in [1.54, 1.807) is 0 Å². The first kappa shape index (κ1) is 11.0. The predicted molar refractivity (Wildman–Crippen MR) is 57.7 cm³/mol. The molecule has 1 fully saturated rings. The van der Waals surface area contributed by atoms with E-state index >= 15 is 0 Å². The molecular weight excluding hydrogens is 160 g/mol. The average Bonchev–Trinajstić information content (AvgIpc) is 2.08. The maximum absolute atomic E-state index is 2.44. The largest absolute Gasteiger partial charge is 0.324 e. The summed E-state index contributed by atoms with van der Waals surface area (Å²) >= 11 is 0. The Morgan fingerprint density at radius 2 is 1.77 bits per heavy atom. The first-order chi connectivity index (χ1) is 6.02. The van der Waals surface area contributed by atoms with Crippen molar-refractivity contribution in [2.45, 2.75) is 20.3 Å². The molecule has 0 saturated carbocycles. The Morgan fingerprint density at radius 1 is 1.23 bits per heavy atom. The Kier molecular flexibility index (Phi) is 3.74. The van der Waals surface area contributed by atoms with Crippen LogP contribution < -0.4 is 0 Å². The third kappa shape index (κ3) is 3.65. The fraction of sp³-hybridized carbons (Fsp3) is 1.00. The lowest BCUT2D eigenvalue weighted by Crippen LogP contribution is -2.56. The highest BCUT2D eigenvalue weighted by molar-refractivity contribution is 4.58. The van der Waals surface area contributed by atoms with Crippen molar-refractivity contribution in [3.8, 4) is 0 Å². The molecule has 1 aliphatic heterocycles. The van der Waals surface area contributed by atoms with Crippen LogP contribution in [0.4, 0.5) is 0 Å². The summed E-state index contributed by atoms with van der Waals surface area (Å²) in [5, 5.41) is 0. The summed E-state index contributed by atoms with van der Waals surface area (Å²) in [5.41, 5.74) is 0. The zero-order valence-electron chi connectivity index (χ0n) is 9.71. The molecule has 0 aromatic carbocycles. The molecule has 1 heterocycles. The minimum Gasteiger partial charge on any atom is -0.324 e. The van der Waals surface area contributed by atoms with Gasteiger partial charge in [0.15, 0.2) is 0 Å². The molecule has 0 spiro atoms. The van der Waals surface area contributed by atoms with Crippen LogP contribution in [0.1, 0.15) is 20.3 Å². The zero-order valence-corrected chi connectivity index (χ0v) is 9.71. The van der Waals surface area contributed by atoms with Crippen molar-refractivity contribution in [2.75, 3.05) is 46.8 Å². The van der Waals surface area contributed by atoms with E-state index in [1.165, 1.54) is 43.6 Å². The fourth-order valence-electron chi connectivity index (χ4n) is 1.84. The van der Waals surface area contributed by atoms with Crippen molar-refractivity contribution in [3.63, 3.8) is 0 Å². The van der Waals surface area contributed by atoms with E-state index in [0.717, 1.165) is 5.92 Å². The van der Waals surface area contributed by atoms with Crippen LogP contribution >= 0.6 is 0 Å². The Balaban J connectivity index is 2.30. The van der Waals surface area contributed by atoms with Gasteiger partial charge in [0.1, 0.15) is 0 Å². The zero-order chi connectivity index (χ0) is 9.90. The lowest BCUT2D eigenvalue weighted by atomic mass is 10.1. The molecule has 0 N–H and O–H groups in total. The smallest absolute Gasteiger partial charge is 0.0914 e. The number of quaternary nitrogens is 1. The Bertz CT molecular complexity index is 146. The molecule has 0 radical (unpaired) electrons. The van der Waals surface area contributed by atoms with E-state index < -0.39 is 0 Å². The molecule has 0 aromatic rings. The number of hydrogen-bond acceptors (Lipinski definition) is 1. The Labute approximate surface area is 83.1 Å². The molecule has 2 nitrogen and oxygen atoms in total. The molecule has 78 valence electrons. The lowest BCUT2D eigenvalue weighted by Gasteiger charge is -2.41. The van der Waals surface area contributed by atoms with Crippen molar-refractivity contribution in [1.82, 2.24) is 4.90 Å². The third-order valence-corrected chi connectivity index (χ3v) is 3.29. The molecule has 13 heavy (non-hydrogen) atoms. The van der Waals surface area contributed by atoms with E-state index in [4.69, 9.17) is 0 Å². The van der Waals surface area contributed by atoms with Gasteiger partial charge in [0.2, 0.25) is 0 Å². The second-order valence-corrected chi connectivity index (χ2v) is 5.28. The van der Waals surface area contributed by atoms with Crippen LogP contribution in [0.3, 0.4) is 0 Å². The third-order valence-electron chi connectivity index (χ3n) is 3.29. The highest BCUT2D eigenvalue weighted by atomic mass is 15.4. The highest BCUT2D eigenvalue weighted by Crippen LogP contribution is 2.12. The molecule has 0 amide bonds. The van der Waals surface area contributed by atoms with Gasteiger partial charge in [-0.1, -0.05) is 13.8 Å². The minimum absolute atomic E-state index is 0.856. The minimum atomic E-state index is 0.856. The van der Waals surface area contributed by atoms with Crippen LogP contribution in [0.25, 0.3) is 0 Å². The van der Waals surface area contributed by atoms with Crippen molar-refractivity contribution >= 4 is 0 Å². The van der Waals surface area contributed by atoms with Crippen LogP contribution in [-0.4, -0.2) is 56.2 Å². The number of piperazine rings is 1. The summed E-state index contributed by atoms with van der Waals surface area (Å²) in [5.74, 6) is 0.856. The number of likely N-dealkylation sites (N-methyl/N-ethyl adjacent to an activating group) is 2. The summed E-state index contributed by atoms with van der Waals surface area (Å²) in [4.78, 5) is 2.44. The summed E-state index contributed by atoms with van der Waals surface area (Å²) in [6.45, 7) is 11.2. The quantitative estimate of drug-likeness (QED) is 0.601. The van der Waals surface area contributed by atoms with Gasteiger partial charge in [0, 0.05) is 13.1 Å². The van der Waals surface area contributed by atoms with Gasteiger partial charge in [0.25, 0.3) is 0 Å². The summed E-state index contributed by atoms with van der Waals surface area (Å²) in [7, 11) is 4.64. The van der Waals surface area contributed by atoms with Gasteiger partial charge in [-0.05, 0) is 19.4 Å². The van der Waals surface area contributed by atoms with Crippen molar-refractivity contribution in [2.24, 2.45) is 5.92 Å². The normalized spacial score (nSPS) is 23.8. The maximum atomic E-state index is 2.44. The number of hydrogen-bond donors (Lipinski definition) is 0. The second kappa shape index (κ2) is 4.43. The molecular formula is C11H25N2+. The van der Waals surface area contributed by atoms with Gasteiger partial charge in [-0.2, -0.15) is 0 Å². The monoisotopic (exact) mass is 185 g/mol. The van der Waals surface area contributed by atoms with Gasteiger partial charge in [-0.3, -0.25) is 4.90 Å². The van der Waals surface area contributed by atoms with E-state index in [2.05, 4.69) is 32.8 Å². The van der Waals surface area contributed by atoms with Gasteiger partial charge < -0.3 is 4.48 Å². The van der Waals surface area contributed by atoms with Gasteiger partial charge >= 0.3 is 0 Å². The van der Waals surface area contributed by atoms with Crippen LogP contribution in [0, 0.1) is 5.92 Å².